The summed E-state index contributed by atoms with van der Waals surface area (Å²) in [5, 5.41) is 13.0. The minimum absolute atomic E-state index is 0.0945. The first-order valence-corrected chi connectivity index (χ1v) is 6.93. The minimum atomic E-state index is 0.0945. The van der Waals surface area contributed by atoms with E-state index in [-0.39, 0.29) is 6.61 Å². The van der Waals surface area contributed by atoms with Gasteiger partial charge in [-0.2, -0.15) is 5.10 Å². The number of aliphatic hydroxyl groups is 1. The molecule has 0 bridgehead atoms. The smallest absolute Gasteiger partial charge is 0.130 e. The van der Waals surface area contributed by atoms with Gasteiger partial charge in [-0.1, -0.05) is 11.8 Å². The van der Waals surface area contributed by atoms with Crippen molar-refractivity contribution in [3.05, 3.63) is 46.8 Å². The van der Waals surface area contributed by atoms with E-state index in [1.54, 1.807) is 0 Å². The summed E-state index contributed by atoms with van der Waals surface area (Å²) < 4.78 is 7.68. The van der Waals surface area contributed by atoms with Crippen molar-refractivity contribution in [3.8, 4) is 17.6 Å². The maximum Gasteiger partial charge on any atom is 0.130 e. The molecule has 4 heteroatoms. The van der Waals surface area contributed by atoms with E-state index in [0.29, 0.717) is 13.0 Å². The van der Waals surface area contributed by atoms with E-state index in [2.05, 4.69) is 16.9 Å². The number of aryl methyl sites for hydroxylation is 3. The Morgan fingerprint density at radius 2 is 2.10 bits per heavy atom. The average Bonchev–Trinajstić information content (AvgIpc) is 2.76. The van der Waals surface area contributed by atoms with E-state index in [4.69, 9.17) is 9.84 Å². The van der Waals surface area contributed by atoms with Gasteiger partial charge in [-0.25, -0.2) is 0 Å². The summed E-state index contributed by atoms with van der Waals surface area (Å²) in [6.45, 7) is 4.56. The zero-order valence-electron chi connectivity index (χ0n) is 12.7. The standard InChI is InChI=1S/C17H20N2O2/c1-13-10-15(6-4-5-9-20)7-8-17(13)21-12-16-11-14(2)18-19(16)3/h7-8,10-11,20H,5,9,12H2,1-3H3. The van der Waals surface area contributed by atoms with Crippen LogP contribution in [-0.4, -0.2) is 21.5 Å². The summed E-state index contributed by atoms with van der Waals surface area (Å²) in [6, 6.07) is 7.88. The van der Waals surface area contributed by atoms with Crippen LogP contribution in [0.25, 0.3) is 0 Å². The van der Waals surface area contributed by atoms with Gasteiger partial charge in [0.15, 0.2) is 0 Å². The van der Waals surface area contributed by atoms with E-state index >= 15 is 0 Å². The van der Waals surface area contributed by atoms with E-state index in [9.17, 15) is 0 Å². The highest BCUT2D eigenvalue weighted by Crippen LogP contribution is 2.20. The minimum Gasteiger partial charge on any atom is -0.487 e. The number of aromatic nitrogens is 2. The van der Waals surface area contributed by atoms with Crippen molar-refractivity contribution < 1.29 is 9.84 Å². The van der Waals surface area contributed by atoms with Crippen molar-refractivity contribution in [1.29, 1.82) is 0 Å². The Bertz CT molecular complexity index is 678. The predicted molar refractivity (Wildman–Crippen MR) is 82.0 cm³/mol. The van der Waals surface area contributed by atoms with Crippen molar-refractivity contribution in [3.63, 3.8) is 0 Å². The molecule has 0 radical (unpaired) electrons. The summed E-state index contributed by atoms with van der Waals surface area (Å²) in [7, 11) is 1.92. The second-order valence-corrected chi connectivity index (χ2v) is 4.94. The lowest BCUT2D eigenvalue weighted by atomic mass is 10.1. The number of hydrogen-bond donors (Lipinski definition) is 1. The molecule has 0 aliphatic carbocycles. The van der Waals surface area contributed by atoms with E-state index in [1.807, 2.05) is 49.8 Å². The first-order chi connectivity index (χ1) is 10.1. The van der Waals surface area contributed by atoms with Crippen LogP contribution in [0.15, 0.2) is 24.3 Å². The van der Waals surface area contributed by atoms with E-state index in [1.165, 1.54) is 0 Å². The van der Waals surface area contributed by atoms with Gasteiger partial charge in [0.05, 0.1) is 18.0 Å². The highest BCUT2D eigenvalue weighted by Gasteiger charge is 2.05. The van der Waals surface area contributed by atoms with Gasteiger partial charge in [0.1, 0.15) is 12.4 Å². The lowest BCUT2D eigenvalue weighted by Gasteiger charge is -2.09. The highest BCUT2D eigenvalue weighted by atomic mass is 16.5. The molecule has 2 aromatic rings. The number of hydrogen-bond acceptors (Lipinski definition) is 3. The molecule has 21 heavy (non-hydrogen) atoms. The zero-order valence-corrected chi connectivity index (χ0v) is 12.7. The SMILES string of the molecule is Cc1cc(COc2ccc(C#CCCO)cc2C)n(C)n1. The Labute approximate surface area is 125 Å². The fraction of sp³-hybridized carbons (Fsp3) is 0.353. The number of aliphatic hydroxyl groups excluding tert-OH is 1. The second kappa shape index (κ2) is 6.96. The quantitative estimate of drug-likeness (QED) is 0.877. The fourth-order valence-electron chi connectivity index (χ4n) is 2.06. The molecule has 4 nitrogen and oxygen atoms in total. The van der Waals surface area contributed by atoms with Gasteiger partial charge >= 0.3 is 0 Å². The van der Waals surface area contributed by atoms with Crippen molar-refractivity contribution in [2.24, 2.45) is 7.05 Å². The van der Waals surface area contributed by atoms with Gasteiger partial charge in [-0.15, -0.1) is 0 Å². The summed E-state index contributed by atoms with van der Waals surface area (Å²) in [4.78, 5) is 0. The summed E-state index contributed by atoms with van der Waals surface area (Å²) in [6.07, 6.45) is 0.497. The normalized spacial score (nSPS) is 10.1. The molecule has 0 aliphatic rings. The number of benzene rings is 1. The first kappa shape index (κ1) is 15.1. The summed E-state index contributed by atoms with van der Waals surface area (Å²) >= 11 is 0. The van der Waals surface area contributed by atoms with Crippen LogP contribution in [0, 0.1) is 25.7 Å². The van der Waals surface area contributed by atoms with Crippen molar-refractivity contribution >= 4 is 0 Å². The van der Waals surface area contributed by atoms with Gasteiger partial charge in [0, 0.05) is 19.0 Å². The largest absolute Gasteiger partial charge is 0.487 e. The van der Waals surface area contributed by atoms with Crippen LogP contribution in [0.3, 0.4) is 0 Å². The van der Waals surface area contributed by atoms with Crippen LogP contribution < -0.4 is 4.74 Å². The molecule has 0 saturated carbocycles. The lowest BCUT2D eigenvalue weighted by Crippen LogP contribution is -2.03. The second-order valence-electron chi connectivity index (χ2n) is 4.94. The molecular formula is C17H20N2O2. The van der Waals surface area contributed by atoms with Crippen molar-refractivity contribution in [1.82, 2.24) is 9.78 Å². The van der Waals surface area contributed by atoms with Gasteiger partial charge < -0.3 is 9.84 Å². The molecule has 0 atom stereocenters. The van der Waals surface area contributed by atoms with Crippen LogP contribution in [-0.2, 0) is 13.7 Å². The number of nitrogens with zero attached hydrogens (tertiary/aromatic N) is 2. The third-order valence-electron chi connectivity index (χ3n) is 3.12. The molecule has 0 fully saturated rings. The Kier molecular flexibility index (Phi) is 5.02. The van der Waals surface area contributed by atoms with Crippen LogP contribution in [0.4, 0.5) is 0 Å². The first-order valence-electron chi connectivity index (χ1n) is 6.93. The molecule has 1 aromatic carbocycles. The Balaban J connectivity index is 2.04. The van der Waals surface area contributed by atoms with Gasteiger partial charge in [-0.3, -0.25) is 4.68 Å². The molecular weight excluding hydrogens is 264 g/mol. The van der Waals surface area contributed by atoms with Crippen molar-refractivity contribution in [2.75, 3.05) is 6.61 Å². The molecule has 1 heterocycles. The lowest BCUT2D eigenvalue weighted by molar-refractivity contribution is 0.293. The monoisotopic (exact) mass is 284 g/mol. The number of rotatable bonds is 4. The Morgan fingerprint density at radius 3 is 2.71 bits per heavy atom. The molecule has 0 unspecified atom stereocenters. The molecule has 1 aromatic heterocycles. The number of ether oxygens (including phenoxy) is 1. The van der Waals surface area contributed by atoms with Gasteiger partial charge in [0.25, 0.3) is 0 Å². The highest BCUT2D eigenvalue weighted by molar-refractivity contribution is 5.43. The van der Waals surface area contributed by atoms with Crippen LogP contribution in [0.5, 0.6) is 5.75 Å². The third-order valence-corrected chi connectivity index (χ3v) is 3.12. The molecule has 0 spiro atoms. The van der Waals surface area contributed by atoms with Crippen LogP contribution in [0.2, 0.25) is 0 Å². The molecule has 1 N–H and O–H groups in total. The van der Waals surface area contributed by atoms with Crippen LogP contribution in [0.1, 0.15) is 28.9 Å². The van der Waals surface area contributed by atoms with Gasteiger partial charge in [0.2, 0.25) is 0 Å². The maximum absolute atomic E-state index is 8.72. The zero-order chi connectivity index (χ0) is 15.2. The molecule has 0 saturated heterocycles. The molecule has 0 amide bonds. The predicted octanol–water partition coefficient (Wildman–Crippen LogP) is 2.35. The Morgan fingerprint density at radius 1 is 1.29 bits per heavy atom. The topological polar surface area (TPSA) is 47.3 Å². The maximum atomic E-state index is 8.72. The summed E-state index contributed by atoms with van der Waals surface area (Å²) in [5.41, 5.74) is 4.01. The average molecular weight is 284 g/mol. The van der Waals surface area contributed by atoms with Crippen molar-refractivity contribution in [2.45, 2.75) is 26.9 Å². The van der Waals surface area contributed by atoms with Crippen LogP contribution >= 0.6 is 0 Å². The molecule has 110 valence electrons. The summed E-state index contributed by atoms with van der Waals surface area (Å²) in [5.74, 6) is 6.78. The van der Waals surface area contributed by atoms with E-state index in [0.717, 1.165) is 28.3 Å². The van der Waals surface area contributed by atoms with Gasteiger partial charge in [-0.05, 0) is 43.7 Å². The van der Waals surface area contributed by atoms with E-state index < -0.39 is 0 Å². The molecule has 2 rings (SSSR count). The third kappa shape index (κ3) is 4.11. The Hall–Kier alpha value is -2.25. The molecule has 0 aliphatic heterocycles. The fourth-order valence-corrected chi connectivity index (χ4v) is 2.06.